The van der Waals surface area contributed by atoms with Gasteiger partial charge in [-0.1, -0.05) is 5.16 Å². The summed E-state index contributed by atoms with van der Waals surface area (Å²) >= 11 is 0. The van der Waals surface area contributed by atoms with E-state index in [1.165, 1.54) is 0 Å². The molecule has 2 aromatic rings. The van der Waals surface area contributed by atoms with Gasteiger partial charge in [0.15, 0.2) is 5.82 Å². The van der Waals surface area contributed by atoms with Crippen LogP contribution in [0.4, 0.5) is 5.82 Å². The smallest absolute Gasteiger partial charge is 0.229 e. The summed E-state index contributed by atoms with van der Waals surface area (Å²) in [6.07, 6.45) is 7.55. The number of hydrogen-bond acceptors (Lipinski definition) is 8. The van der Waals surface area contributed by atoms with E-state index in [1.807, 2.05) is 6.07 Å². The van der Waals surface area contributed by atoms with Gasteiger partial charge in [0.05, 0.1) is 6.54 Å². The summed E-state index contributed by atoms with van der Waals surface area (Å²) in [4.78, 5) is 17.6. The average molecular weight is 358 g/mol. The second-order valence-electron chi connectivity index (χ2n) is 7.12. The summed E-state index contributed by atoms with van der Waals surface area (Å²) in [5.74, 6) is 2.92. The molecule has 4 heterocycles. The zero-order chi connectivity index (χ0) is 17.8. The van der Waals surface area contributed by atoms with Gasteiger partial charge in [-0.15, -0.1) is 0 Å². The van der Waals surface area contributed by atoms with Crippen molar-refractivity contribution in [3.63, 3.8) is 0 Å². The largest absolute Gasteiger partial charge is 0.381 e. The van der Waals surface area contributed by atoms with Crippen LogP contribution >= 0.6 is 0 Å². The summed E-state index contributed by atoms with van der Waals surface area (Å²) in [7, 11) is 2.11. The molecular weight excluding hydrogens is 332 g/mol. The molecule has 2 aliphatic rings. The first kappa shape index (κ1) is 17.4. The molecule has 0 saturated carbocycles. The van der Waals surface area contributed by atoms with E-state index >= 15 is 0 Å². The number of ether oxygens (including phenoxy) is 1. The maximum Gasteiger partial charge on any atom is 0.229 e. The lowest BCUT2D eigenvalue weighted by Crippen LogP contribution is -2.43. The van der Waals surface area contributed by atoms with Gasteiger partial charge in [0.25, 0.3) is 0 Å². The van der Waals surface area contributed by atoms with Crippen LogP contribution in [0.25, 0.3) is 0 Å². The molecular formula is C18H26N6O2. The summed E-state index contributed by atoms with van der Waals surface area (Å²) in [6.45, 7) is 4.39. The van der Waals surface area contributed by atoms with E-state index < -0.39 is 0 Å². The third-order valence-electron chi connectivity index (χ3n) is 5.45. The Morgan fingerprint density at radius 3 is 2.73 bits per heavy atom. The molecule has 2 fully saturated rings. The minimum atomic E-state index is 0.359. The molecule has 0 N–H and O–H groups in total. The van der Waals surface area contributed by atoms with Crippen molar-refractivity contribution in [3.8, 4) is 0 Å². The summed E-state index contributed by atoms with van der Waals surface area (Å²) in [6, 6.07) is 2.47. The number of anilines is 1. The lowest BCUT2D eigenvalue weighted by molar-refractivity contribution is 0.0778. The standard InChI is InChI=1S/C18H26N6O2/c1-23(17-2-7-19-13-20-17)15-3-8-24(9-4-15)12-16-21-18(26-22-16)14-5-10-25-11-6-14/h2,7,13-15H,3-6,8-12H2,1H3. The topological polar surface area (TPSA) is 80.4 Å². The maximum absolute atomic E-state index is 5.50. The van der Waals surface area contributed by atoms with Crippen LogP contribution in [-0.4, -0.2) is 64.4 Å². The van der Waals surface area contributed by atoms with Crippen LogP contribution in [0.1, 0.15) is 43.3 Å². The van der Waals surface area contributed by atoms with Crippen molar-refractivity contribution in [3.05, 3.63) is 30.3 Å². The molecule has 2 saturated heterocycles. The van der Waals surface area contributed by atoms with Gasteiger partial charge in [0.1, 0.15) is 12.1 Å². The number of likely N-dealkylation sites (tertiary alicyclic amines) is 1. The third kappa shape index (κ3) is 4.02. The summed E-state index contributed by atoms with van der Waals surface area (Å²) in [5.41, 5.74) is 0. The van der Waals surface area contributed by atoms with Gasteiger partial charge < -0.3 is 14.2 Å². The number of hydrogen-bond donors (Lipinski definition) is 0. The number of rotatable bonds is 5. The first-order valence-corrected chi connectivity index (χ1v) is 9.41. The minimum Gasteiger partial charge on any atom is -0.381 e. The molecule has 0 radical (unpaired) electrons. The molecule has 140 valence electrons. The Bertz CT molecular complexity index is 680. The van der Waals surface area contributed by atoms with Crippen LogP contribution in [0, 0.1) is 0 Å². The monoisotopic (exact) mass is 358 g/mol. The van der Waals surface area contributed by atoms with E-state index in [0.29, 0.717) is 12.0 Å². The lowest BCUT2D eigenvalue weighted by Gasteiger charge is -2.36. The van der Waals surface area contributed by atoms with Crippen LogP contribution in [0.15, 0.2) is 23.1 Å². The van der Waals surface area contributed by atoms with E-state index in [0.717, 1.165) is 76.1 Å². The van der Waals surface area contributed by atoms with Crippen molar-refractivity contribution >= 4 is 5.82 Å². The van der Waals surface area contributed by atoms with Crippen molar-refractivity contribution in [1.29, 1.82) is 0 Å². The fourth-order valence-corrected chi connectivity index (χ4v) is 3.79. The Morgan fingerprint density at radius 2 is 2.00 bits per heavy atom. The van der Waals surface area contributed by atoms with Crippen molar-refractivity contribution < 1.29 is 9.26 Å². The molecule has 2 aromatic heterocycles. The van der Waals surface area contributed by atoms with Gasteiger partial charge in [0.2, 0.25) is 5.89 Å². The minimum absolute atomic E-state index is 0.359. The third-order valence-corrected chi connectivity index (χ3v) is 5.45. The molecule has 4 rings (SSSR count). The second kappa shape index (κ2) is 8.09. The molecule has 0 amide bonds. The highest BCUT2D eigenvalue weighted by Gasteiger charge is 2.26. The molecule has 8 nitrogen and oxygen atoms in total. The molecule has 0 bridgehead atoms. The molecule has 8 heteroatoms. The van der Waals surface area contributed by atoms with Crippen molar-refractivity contribution in [2.75, 3.05) is 38.3 Å². The molecule has 0 aromatic carbocycles. The number of nitrogens with zero attached hydrogens (tertiary/aromatic N) is 6. The van der Waals surface area contributed by atoms with Crippen molar-refractivity contribution in [2.24, 2.45) is 0 Å². The zero-order valence-electron chi connectivity index (χ0n) is 15.3. The fourth-order valence-electron chi connectivity index (χ4n) is 3.79. The van der Waals surface area contributed by atoms with Crippen LogP contribution in [-0.2, 0) is 11.3 Å². The van der Waals surface area contributed by atoms with Gasteiger partial charge in [-0.05, 0) is 31.7 Å². The van der Waals surface area contributed by atoms with Gasteiger partial charge >= 0.3 is 0 Å². The summed E-state index contributed by atoms with van der Waals surface area (Å²) in [5, 5.41) is 4.19. The SMILES string of the molecule is CN(c1ccncn1)C1CCN(Cc2noc(C3CCOCC3)n2)CC1. The van der Waals surface area contributed by atoms with E-state index in [-0.39, 0.29) is 0 Å². The van der Waals surface area contributed by atoms with Crippen molar-refractivity contribution in [1.82, 2.24) is 25.0 Å². The highest BCUT2D eigenvalue weighted by atomic mass is 16.5. The molecule has 0 spiro atoms. The van der Waals surface area contributed by atoms with Gasteiger partial charge in [-0.25, -0.2) is 9.97 Å². The Morgan fingerprint density at radius 1 is 1.19 bits per heavy atom. The van der Waals surface area contributed by atoms with Gasteiger partial charge in [-0.3, -0.25) is 4.90 Å². The van der Waals surface area contributed by atoms with Gasteiger partial charge in [0, 0.05) is 51.5 Å². The maximum atomic E-state index is 5.50. The first-order chi connectivity index (χ1) is 12.8. The van der Waals surface area contributed by atoms with E-state index in [1.54, 1.807) is 12.5 Å². The summed E-state index contributed by atoms with van der Waals surface area (Å²) < 4.78 is 10.9. The Hall–Kier alpha value is -2.06. The highest BCUT2D eigenvalue weighted by Crippen LogP contribution is 2.26. The lowest BCUT2D eigenvalue weighted by atomic mass is 10.0. The Labute approximate surface area is 153 Å². The predicted octanol–water partition coefficient (Wildman–Crippen LogP) is 1.85. The van der Waals surface area contributed by atoms with Crippen LogP contribution in [0.3, 0.4) is 0 Å². The van der Waals surface area contributed by atoms with Gasteiger partial charge in [-0.2, -0.15) is 4.98 Å². The second-order valence-corrected chi connectivity index (χ2v) is 7.12. The Balaban J connectivity index is 1.28. The number of aromatic nitrogens is 4. The highest BCUT2D eigenvalue weighted by molar-refractivity contribution is 5.36. The average Bonchev–Trinajstić information content (AvgIpc) is 3.18. The fraction of sp³-hybridized carbons (Fsp3) is 0.667. The Kier molecular flexibility index (Phi) is 5.40. The van der Waals surface area contributed by atoms with Crippen LogP contribution < -0.4 is 4.90 Å². The predicted molar refractivity (Wildman–Crippen MR) is 95.8 cm³/mol. The molecule has 0 atom stereocenters. The molecule has 0 unspecified atom stereocenters. The quantitative estimate of drug-likeness (QED) is 0.801. The molecule has 2 aliphatic heterocycles. The van der Waals surface area contributed by atoms with E-state index in [2.05, 4.69) is 37.0 Å². The molecule has 26 heavy (non-hydrogen) atoms. The van der Waals surface area contributed by atoms with Crippen molar-refractivity contribution in [2.45, 2.75) is 44.2 Å². The normalized spacial score (nSPS) is 20.3. The van der Waals surface area contributed by atoms with Crippen LogP contribution in [0.2, 0.25) is 0 Å². The number of piperidine rings is 1. The molecule has 0 aliphatic carbocycles. The van der Waals surface area contributed by atoms with E-state index in [4.69, 9.17) is 9.26 Å². The zero-order valence-corrected chi connectivity index (χ0v) is 15.3. The first-order valence-electron chi connectivity index (χ1n) is 9.41. The van der Waals surface area contributed by atoms with E-state index in [9.17, 15) is 0 Å². The van der Waals surface area contributed by atoms with Crippen LogP contribution in [0.5, 0.6) is 0 Å².